The van der Waals surface area contributed by atoms with Crippen LogP contribution in [0, 0.1) is 0 Å². The Morgan fingerprint density at radius 2 is 1.70 bits per heavy atom. The van der Waals surface area contributed by atoms with Crippen LogP contribution in [0.3, 0.4) is 0 Å². The van der Waals surface area contributed by atoms with Crippen LogP contribution in [0.4, 0.5) is 0 Å². The molecule has 0 aromatic heterocycles. The Kier molecular flexibility index (Phi) is 7.98. The highest BCUT2D eigenvalue weighted by molar-refractivity contribution is 7.84. The Hall–Kier alpha value is -1.73. The maximum absolute atomic E-state index is 12.6. The highest BCUT2D eigenvalue weighted by atomic mass is 32.2. The van der Waals surface area contributed by atoms with Crippen molar-refractivity contribution in [2.75, 3.05) is 13.7 Å². The lowest BCUT2D eigenvalue weighted by Crippen LogP contribution is -2.41. The summed E-state index contributed by atoms with van der Waals surface area (Å²) in [6.45, 7) is 6.20. The molecule has 1 unspecified atom stereocenters. The number of benzene rings is 2. The van der Waals surface area contributed by atoms with Crippen molar-refractivity contribution in [3.05, 3.63) is 65.7 Å². The average Bonchev–Trinajstić information content (AvgIpc) is 2.66. The zero-order valence-electron chi connectivity index (χ0n) is 16.3. The molecule has 0 bridgehead atoms. The van der Waals surface area contributed by atoms with E-state index in [4.69, 9.17) is 9.47 Å². The first-order valence-corrected chi connectivity index (χ1v) is 10.1. The second kappa shape index (κ2) is 9.99. The van der Waals surface area contributed by atoms with Gasteiger partial charge in [-0.1, -0.05) is 42.5 Å². The van der Waals surface area contributed by atoms with E-state index in [1.54, 1.807) is 7.11 Å². The first kappa shape index (κ1) is 21.6. The van der Waals surface area contributed by atoms with Crippen LogP contribution < -0.4 is 9.46 Å². The van der Waals surface area contributed by atoms with Gasteiger partial charge in [-0.15, -0.1) is 0 Å². The molecule has 5 nitrogen and oxygen atoms in total. The number of hydrogen-bond acceptors (Lipinski definition) is 4. The SMILES string of the molecule is COc1ccc([C@@H](NS(=O)C(C)(C)C)[C@@H](O)COCc2ccccc2)cc1. The van der Waals surface area contributed by atoms with E-state index in [2.05, 4.69) is 4.72 Å². The fourth-order valence-corrected chi connectivity index (χ4v) is 3.32. The summed E-state index contributed by atoms with van der Waals surface area (Å²) in [7, 11) is 0.269. The van der Waals surface area contributed by atoms with Crippen LogP contribution in [-0.2, 0) is 22.3 Å². The molecular weight excluding hydrogens is 362 g/mol. The summed E-state index contributed by atoms with van der Waals surface area (Å²) in [5.41, 5.74) is 1.86. The fraction of sp³-hybridized carbons (Fsp3) is 0.429. The van der Waals surface area contributed by atoms with Gasteiger partial charge in [0.15, 0.2) is 0 Å². The number of hydrogen-bond donors (Lipinski definition) is 2. The van der Waals surface area contributed by atoms with Crippen LogP contribution in [-0.4, -0.2) is 33.9 Å². The molecule has 148 valence electrons. The summed E-state index contributed by atoms with van der Waals surface area (Å²) in [4.78, 5) is 0. The van der Waals surface area contributed by atoms with Crippen LogP contribution in [0.2, 0.25) is 0 Å². The molecule has 0 aliphatic heterocycles. The molecule has 2 rings (SSSR count). The van der Waals surface area contributed by atoms with E-state index >= 15 is 0 Å². The number of ether oxygens (including phenoxy) is 2. The molecule has 0 aliphatic rings. The van der Waals surface area contributed by atoms with Crippen molar-refractivity contribution in [2.45, 2.75) is 44.3 Å². The maximum atomic E-state index is 12.6. The zero-order valence-corrected chi connectivity index (χ0v) is 17.2. The van der Waals surface area contributed by atoms with Gasteiger partial charge in [-0.25, -0.2) is 8.93 Å². The molecule has 3 atom stereocenters. The van der Waals surface area contributed by atoms with Crippen LogP contribution in [0.5, 0.6) is 5.75 Å². The van der Waals surface area contributed by atoms with Crippen LogP contribution in [0.1, 0.15) is 37.9 Å². The fourth-order valence-electron chi connectivity index (χ4n) is 2.44. The Morgan fingerprint density at radius 1 is 1.07 bits per heavy atom. The number of nitrogens with one attached hydrogen (secondary N) is 1. The third-order valence-corrected chi connectivity index (χ3v) is 5.63. The van der Waals surface area contributed by atoms with Gasteiger partial charge in [0.05, 0.1) is 48.2 Å². The molecule has 0 saturated heterocycles. The lowest BCUT2D eigenvalue weighted by atomic mass is 10.0. The van der Waals surface area contributed by atoms with Gasteiger partial charge in [0.1, 0.15) is 5.75 Å². The third kappa shape index (κ3) is 6.74. The van der Waals surface area contributed by atoms with Gasteiger partial charge >= 0.3 is 0 Å². The molecule has 0 amide bonds. The quantitative estimate of drug-likeness (QED) is 0.688. The molecule has 2 aromatic carbocycles. The van der Waals surface area contributed by atoms with Crippen molar-refractivity contribution in [1.29, 1.82) is 0 Å². The van der Waals surface area contributed by atoms with Crippen molar-refractivity contribution in [2.24, 2.45) is 0 Å². The highest BCUT2D eigenvalue weighted by Crippen LogP contribution is 2.23. The first-order chi connectivity index (χ1) is 12.8. The summed E-state index contributed by atoms with van der Waals surface area (Å²) in [6, 6.07) is 16.6. The van der Waals surface area contributed by atoms with Crippen molar-refractivity contribution in [3.8, 4) is 5.75 Å². The van der Waals surface area contributed by atoms with Crippen molar-refractivity contribution in [3.63, 3.8) is 0 Å². The summed E-state index contributed by atoms with van der Waals surface area (Å²) >= 11 is 0. The highest BCUT2D eigenvalue weighted by Gasteiger charge is 2.28. The normalized spacial score (nSPS) is 15.1. The van der Waals surface area contributed by atoms with E-state index in [9.17, 15) is 9.32 Å². The van der Waals surface area contributed by atoms with E-state index in [-0.39, 0.29) is 6.61 Å². The van der Waals surface area contributed by atoms with Gasteiger partial charge in [-0.05, 0) is 44.0 Å². The summed E-state index contributed by atoms with van der Waals surface area (Å²) in [5.74, 6) is 0.726. The molecule has 0 fully saturated rings. The molecule has 2 N–H and O–H groups in total. The molecule has 0 saturated carbocycles. The van der Waals surface area contributed by atoms with Gasteiger partial charge in [0.25, 0.3) is 0 Å². The second-order valence-corrected chi connectivity index (χ2v) is 9.32. The van der Waals surface area contributed by atoms with E-state index in [1.807, 2.05) is 75.4 Å². The molecule has 0 aliphatic carbocycles. The summed E-state index contributed by atoms with van der Waals surface area (Å²) < 4.78 is 26.1. The predicted octanol–water partition coefficient (Wildman–Crippen LogP) is 3.37. The zero-order chi connectivity index (χ0) is 19.9. The van der Waals surface area contributed by atoms with Crippen LogP contribution in [0.15, 0.2) is 54.6 Å². The standard InChI is InChI=1S/C21H29NO4S/c1-21(2,3)27(24)22-20(17-10-12-18(25-4)13-11-17)19(23)15-26-14-16-8-6-5-7-9-16/h5-13,19-20,22-23H,14-15H2,1-4H3/t19-,20+,27?/m0/s1. The molecule has 0 spiro atoms. The number of aliphatic hydroxyl groups excluding tert-OH is 1. The largest absolute Gasteiger partial charge is 0.497 e. The van der Waals surface area contributed by atoms with Gasteiger partial charge in [0, 0.05) is 0 Å². The Bertz CT molecular complexity index is 713. The number of aliphatic hydroxyl groups is 1. The van der Waals surface area contributed by atoms with Gasteiger partial charge in [-0.3, -0.25) is 0 Å². The lowest BCUT2D eigenvalue weighted by molar-refractivity contribution is 0.0129. The minimum atomic E-state index is -1.33. The van der Waals surface area contributed by atoms with Crippen molar-refractivity contribution in [1.82, 2.24) is 4.72 Å². The van der Waals surface area contributed by atoms with E-state index < -0.39 is 27.9 Å². The summed E-state index contributed by atoms with van der Waals surface area (Å²) in [6.07, 6.45) is -0.853. The third-order valence-electron chi connectivity index (χ3n) is 4.05. The molecule has 27 heavy (non-hydrogen) atoms. The van der Waals surface area contributed by atoms with E-state index in [0.29, 0.717) is 6.61 Å². The lowest BCUT2D eigenvalue weighted by Gasteiger charge is -2.28. The average molecular weight is 392 g/mol. The minimum absolute atomic E-state index is 0.125. The number of rotatable bonds is 9. The van der Waals surface area contributed by atoms with E-state index in [1.165, 1.54) is 0 Å². The molecule has 6 heteroatoms. The van der Waals surface area contributed by atoms with Crippen LogP contribution in [0.25, 0.3) is 0 Å². The van der Waals surface area contributed by atoms with E-state index in [0.717, 1.165) is 16.9 Å². The second-order valence-electron chi connectivity index (χ2n) is 7.32. The predicted molar refractivity (Wildman–Crippen MR) is 109 cm³/mol. The maximum Gasteiger partial charge on any atom is 0.118 e. The first-order valence-electron chi connectivity index (χ1n) is 8.93. The summed E-state index contributed by atoms with van der Waals surface area (Å²) in [5, 5.41) is 10.7. The molecule has 0 radical (unpaired) electrons. The smallest absolute Gasteiger partial charge is 0.118 e. The number of methoxy groups -OCH3 is 1. The topological polar surface area (TPSA) is 67.8 Å². The Balaban J connectivity index is 2.08. The van der Waals surface area contributed by atoms with Crippen LogP contribution >= 0.6 is 0 Å². The van der Waals surface area contributed by atoms with Crippen molar-refractivity contribution >= 4 is 11.0 Å². The van der Waals surface area contributed by atoms with Crippen molar-refractivity contribution < 1.29 is 18.8 Å². The van der Waals surface area contributed by atoms with Gasteiger partial charge in [-0.2, -0.15) is 0 Å². The molecule has 2 aromatic rings. The Morgan fingerprint density at radius 3 is 2.26 bits per heavy atom. The molecular formula is C21H29NO4S. The Labute approximate surface area is 164 Å². The molecule has 0 heterocycles. The monoisotopic (exact) mass is 391 g/mol. The van der Waals surface area contributed by atoms with Gasteiger partial charge in [0.2, 0.25) is 0 Å². The van der Waals surface area contributed by atoms with Gasteiger partial charge < -0.3 is 14.6 Å². The minimum Gasteiger partial charge on any atom is -0.497 e.